The summed E-state index contributed by atoms with van der Waals surface area (Å²) < 4.78 is 6.90. The Morgan fingerprint density at radius 2 is 2.36 bits per heavy atom. The Hall–Kier alpha value is 0.400. The Morgan fingerprint density at radius 1 is 1.57 bits per heavy atom. The monoisotopic (exact) mass is 322 g/mol. The highest BCUT2D eigenvalue weighted by atomic mass is 79.9. The standard InChI is InChI=1S/C11H16Br2O/c1-2-4-9-5-3-6-10(14-9)7-8-11(12)13/h3,6,8-10H,2,4-5,7H2,1H3. The minimum atomic E-state index is 0.255. The molecular formula is C11H16Br2O. The predicted octanol–water partition coefficient (Wildman–Crippen LogP) is 4.52. The van der Waals surface area contributed by atoms with E-state index in [1.54, 1.807) is 0 Å². The smallest absolute Gasteiger partial charge is 0.0794 e. The third kappa shape index (κ3) is 4.76. The fraction of sp³-hybridized carbons (Fsp3) is 0.636. The number of halogens is 2. The number of rotatable bonds is 4. The largest absolute Gasteiger partial charge is 0.370 e. The molecule has 1 heterocycles. The molecule has 0 saturated carbocycles. The van der Waals surface area contributed by atoms with Crippen LogP contribution in [0.3, 0.4) is 0 Å². The first-order chi connectivity index (χ1) is 6.72. The molecule has 3 heteroatoms. The molecule has 2 unspecified atom stereocenters. The summed E-state index contributed by atoms with van der Waals surface area (Å²) in [5, 5.41) is 0. The van der Waals surface area contributed by atoms with Crippen molar-refractivity contribution in [3.05, 3.63) is 21.6 Å². The van der Waals surface area contributed by atoms with Crippen LogP contribution in [0.4, 0.5) is 0 Å². The zero-order chi connectivity index (χ0) is 10.4. The highest BCUT2D eigenvalue weighted by Crippen LogP contribution is 2.21. The molecule has 1 nitrogen and oxygen atoms in total. The van der Waals surface area contributed by atoms with Gasteiger partial charge in [0.25, 0.3) is 0 Å². The Morgan fingerprint density at radius 3 is 3.00 bits per heavy atom. The first-order valence-electron chi connectivity index (χ1n) is 5.05. The van der Waals surface area contributed by atoms with Crippen LogP contribution in [0.5, 0.6) is 0 Å². The van der Waals surface area contributed by atoms with Crippen molar-refractivity contribution in [2.24, 2.45) is 0 Å². The highest BCUT2D eigenvalue weighted by Gasteiger charge is 2.16. The van der Waals surface area contributed by atoms with Crippen molar-refractivity contribution in [1.82, 2.24) is 0 Å². The first-order valence-corrected chi connectivity index (χ1v) is 6.64. The van der Waals surface area contributed by atoms with Crippen LogP contribution in [0.15, 0.2) is 21.6 Å². The van der Waals surface area contributed by atoms with Crippen LogP contribution >= 0.6 is 31.9 Å². The van der Waals surface area contributed by atoms with Gasteiger partial charge in [-0.25, -0.2) is 0 Å². The lowest BCUT2D eigenvalue weighted by atomic mass is 10.1. The van der Waals surface area contributed by atoms with Crippen molar-refractivity contribution in [2.45, 2.75) is 44.8 Å². The molecule has 0 aromatic rings. The molecule has 0 aromatic carbocycles. The second-order valence-corrected chi connectivity index (χ2v) is 6.25. The maximum atomic E-state index is 5.90. The molecule has 0 aliphatic carbocycles. The SMILES string of the molecule is CCCC1CC=CC(CC=C(Br)Br)O1. The molecule has 80 valence electrons. The lowest BCUT2D eigenvalue weighted by Gasteiger charge is -2.25. The van der Waals surface area contributed by atoms with Gasteiger partial charge in [0.15, 0.2) is 0 Å². The Kier molecular flexibility index (Phi) is 6.06. The maximum absolute atomic E-state index is 5.90. The summed E-state index contributed by atoms with van der Waals surface area (Å²) in [6.07, 6.45) is 11.5. The molecule has 2 atom stereocenters. The molecule has 0 spiro atoms. The van der Waals surface area contributed by atoms with Gasteiger partial charge in [0, 0.05) is 0 Å². The van der Waals surface area contributed by atoms with Gasteiger partial charge in [-0.2, -0.15) is 0 Å². The molecule has 1 rings (SSSR count). The van der Waals surface area contributed by atoms with Gasteiger partial charge in [0.05, 0.1) is 15.6 Å². The topological polar surface area (TPSA) is 9.23 Å². The van der Waals surface area contributed by atoms with Crippen LogP contribution in [0, 0.1) is 0 Å². The van der Waals surface area contributed by atoms with Crippen molar-refractivity contribution in [2.75, 3.05) is 0 Å². The second kappa shape index (κ2) is 6.81. The highest BCUT2D eigenvalue weighted by molar-refractivity contribution is 9.28. The number of ether oxygens (including phenoxy) is 1. The van der Waals surface area contributed by atoms with Crippen LogP contribution in [0.1, 0.15) is 32.6 Å². The molecule has 0 amide bonds. The summed E-state index contributed by atoms with van der Waals surface area (Å²) in [4.78, 5) is 0. The van der Waals surface area contributed by atoms with E-state index in [1.807, 2.05) is 0 Å². The molecule has 0 radical (unpaired) electrons. The summed E-state index contributed by atoms with van der Waals surface area (Å²) in [5.41, 5.74) is 0. The average molecular weight is 324 g/mol. The molecule has 0 fully saturated rings. The van der Waals surface area contributed by atoms with E-state index in [9.17, 15) is 0 Å². The van der Waals surface area contributed by atoms with E-state index in [1.165, 1.54) is 12.8 Å². The van der Waals surface area contributed by atoms with Gasteiger partial charge in [-0.15, -0.1) is 0 Å². The Bertz CT molecular complexity index is 219. The maximum Gasteiger partial charge on any atom is 0.0794 e. The summed E-state index contributed by atoms with van der Waals surface area (Å²) >= 11 is 6.69. The fourth-order valence-corrected chi connectivity index (χ4v) is 1.95. The van der Waals surface area contributed by atoms with Crippen LogP contribution in [0.2, 0.25) is 0 Å². The average Bonchev–Trinajstić information content (AvgIpc) is 2.16. The van der Waals surface area contributed by atoms with Crippen LogP contribution in [-0.2, 0) is 4.74 Å². The molecule has 1 aliphatic rings. The third-order valence-electron chi connectivity index (χ3n) is 2.23. The molecule has 0 saturated heterocycles. The lowest BCUT2D eigenvalue weighted by molar-refractivity contribution is 0.00312. The van der Waals surface area contributed by atoms with Crippen LogP contribution < -0.4 is 0 Å². The van der Waals surface area contributed by atoms with E-state index in [0.717, 1.165) is 16.2 Å². The minimum absolute atomic E-state index is 0.255. The van der Waals surface area contributed by atoms with Crippen molar-refractivity contribution >= 4 is 31.9 Å². The lowest BCUT2D eigenvalue weighted by Crippen LogP contribution is -2.23. The van der Waals surface area contributed by atoms with E-state index in [2.05, 4.69) is 57.0 Å². The molecule has 0 N–H and O–H groups in total. The fourth-order valence-electron chi connectivity index (χ4n) is 1.58. The summed E-state index contributed by atoms with van der Waals surface area (Å²) in [7, 11) is 0. The predicted molar refractivity (Wildman–Crippen MR) is 67.9 cm³/mol. The third-order valence-corrected chi connectivity index (χ3v) is 2.88. The number of hydrogen-bond donors (Lipinski definition) is 0. The van der Waals surface area contributed by atoms with Gasteiger partial charge in [0.1, 0.15) is 0 Å². The summed E-state index contributed by atoms with van der Waals surface area (Å²) in [6, 6.07) is 0. The molecule has 0 bridgehead atoms. The van der Waals surface area contributed by atoms with Gasteiger partial charge in [0.2, 0.25) is 0 Å². The quantitative estimate of drug-likeness (QED) is 0.691. The van der Waals surface area contributed by atoms with E-state index in [-0.39, 0.29) is 6.10 Å². The van der Waals surface area contributed by atoms with Gasteiger partial charge in [-0.05, 0) is 51.1 Å². The first kappa shape index (κ1) is 12.5. The van der Waals surface area contributed by atoms with Crippen molar-refractivity contribution in [3.63, 3.8) is 0 Å². The molecule has 1 aliphatic heterocycles. The molecule has 14 heavy (non-hydrogen) atoms. The van der Waals surface area contributed by atoms with Crippen LogP contribution in [0.25, 0.3) is 0 Å². The zero-order valence-corrected chi connectivity index (χ0v) is 11.6. The van der Waals surface area contributed by atoms with Gasteiger partial charge < -0.3 is 4.74 Å². The summed E-state index contributed by atoms with van der Waals surface area (Å²) in [6.45, 7) is 2.20. The number of hydrogen-bond acceptors (Lipinski definition) is 1. The van der Waals surface area contributed by atoms with E-state index in [0.29, 0.717) is 6.10 Å². The molecule has 0 aromatic heterocycles. The Labute approximate surface area is 103 Å². The van der Waals surface area contributed by atoms with Crippen molar-refractivity contribution in [1.29, 1.82) is 0 Å². The van der Waals surface area contributed by atoms with Crippen molar-refractivity contribution in [3.8, 4) is 0 Å². The Balaban J connectivity index is 2.36. The second-order valence-electron chi connectivity index (χ2n) is 3.48. The van der Waals surface area contributed by atoms with Gasteiger partial charge in [-0.1, -0.05) is 31.6 Å². The van der Waals surface area contributed by atoms with Crippen LogP contribution in [-0.4, -0.2) is 12.2 Å². The van der Waals surface area contributed by atoms with Gasteiger partial charge in [-0.3, -0.25) is 0 Å². The summed E-state index contributed by atoms with van der Waals surface area (Å²) in [5.74, 6) is 0. The minimum Gasteiger partial charge on any atom is -0.370 e. The van der Waals surface area contributed by atoms with E-state index >= 15 is 0 Å². The normalized spacial score (nSPS) is 26.2. The molecular weight excluding hydrogens is 308 g/mol. The van der Waals surface area contributed by atoms with Crippen molar-refractivity contribution < 1.29 is 4.74 Å². The van der Waals surface area contributed by atoms with Gasteiger partial charge >= 0.3 is 0 Å². The van der Waals surface area contributed by atoms with E-state index < -0.39 is 0 Å². The van der Waals surface area contributed by atoms with E-state index in [4.69, 9.17) is 4.74 Å². The zero-order valence-electron chi connectivity index (χ0n) is 8.38.